The molecule has 9 heteroatoms. The maximum atomic E-state index is 13.9. The SMILES string of the molecule is CC[C@@H]1[C@H](O)[C@H](NC)[C@H]2O[C@]3(O)[C@H](O[C@@H]2[C@H]1O)O[C@H](C)C[C@@]3(O)CCCc1ccc(C)c(F)c1. The fraction of sp³-hybridized carbons (Fsp3) is 0.760. The number of aryl methyl sites for hydroxylation is 2. The first-order chi connectivity index (χ1) is 16.0. The molecule has 1 aromatic carbocycles. The van der Waals surface area contributed by atoms with Gasteiger partial charge in [-0.1, -0.05) is 19.1 Å². The van der Waals surface area contributed by atoms with E-state index in [9.17, 15) is 24.8 Å². The number of hydrogen-bond acceptors (Lipinski definition) is 8. The van der Waals surface area contributed by atoms with Crippen molar-refractivity contribution in [3.8, 4) is 0 Å². The number of benzene rings is 1. The third-order valence-corrected chi connectivity index (χ3v) is 7.92. The van der Waals surface area contributed by atoms with Gasteiger partial charge in [0.25, 0.3) is 0 Å². The molecule has 4 rings (SSSR count). The van der Waals surface area contributed by atoms with Crippen molar-refractivity contribution in [2.45, 2.75) is 107 Å². The second-order valence-corrected chi connectivity index (χ2v) is 10.2. The summed E-state index contributed by atoms with van der Waals surface area (Å²) in [6, 6.07) is 4.44. The number of fused-ring (bicyclic) bond motifs is 2. The molecule has 3 aliphatic rings. The molecule has 0 radical (unpaired) electrons. The predicted octanol–water partition coefficient (Wildman–Crippen LogP) is 1.15. The molecule has 192 valence electrons. The second-order valence-electron chi connectivity index (χ2n) is 10.2. The van der Waals surface area contributed by atoms with E-state index in [2.05, 4.69) is 5.32 Å². The zero-order chi connectivity index (χ0) is 24.8. The summed E-state index contributed by atoms with van der Waals surface area (Å²) in [6.07, 6.45) is -3.66. The number of rotatable bonds is 6. The summed E-state index contributed by atoms with van der Waals surface area (Å²) < 4.78 is 32.0. The van der Waals surface area contributed by atoms with Crippen LogP contribution in [0.2, 0.25) is 0 Å². The number of aliphatic hydroxyl groups is 4. The zero-order valence-electron chi connectivity index (χ0n) is 20.3. The number of nitrogens with one attached hydrogen (secondary N) is 1. The number of halogens is 1. The van der Waals surface area contributed by atoms with Crippen molar-refractivity contribution in [3.05, 3.63) is 35.1 Å². The normalized spacial score (nSPS) is 44.4. The molecule has 8 nitrogen and oxygen atoms in total. The molecule has 1 saturated carbocycles. The molecule has 5 N–H and O–H groups in total. The Kier molecular flexibility index (Phi) is 7.40. The van der Waals surface area contributed by atoms with E-state index in [0.717, 1.165) is 5.56 Å². The molecule has 1 aliphatic carbocycles. The molecule has 1 aromatic rings. The highest BCUT2D eigenvalue weighted by molar-refractivity contribution is 5.23. The van der Waals surface area contributed by atoms with Gasteiger partial charge in [0.15, 0.2) is 0 Å². The first-order valence-corrected chi connectivity index (χ1v) is 12.3. The molecule has 2 heterocycles. The lowest BCUT2D eigenvalue weighted by Gasteiger charge is -2.60. The van der Waals surface area contributed by atoms with Crippen LogP contribution in [0.5, 0.6) is 0 Å². The van der Waals surface area contributed by atoms with Crippen molar-refractivity contribution in [2.75, 3.05) is 7.05 Å². The van der Waals surface area contributed by atoms with Crippen LogP contribution in [0.1, 0.15) is 50.7 Å². The minimum absolute atomic E-state index is 0.107. The number of aliphatic hydroxyl groups excluding tert-OH is 2. The van der Waals surface area contributed by atoms with Crippen LogP contribution in [-0.2, 0) is 20.6 Å². The highest BCUT2D eigenvalue weighted by Crippen LogP contribution is 2.49. The van der Waals surface area contributed by atoms with Crippen LogP contribution >= 0.6 is 0 Å². The quantitative estimate of drug-likeness (QED) is 0.409. The molecule has 10 atom stereocenters. The Morgan fingerprint density at radius 1 is 1.15 bits per heavy atom. The molecule has 0 bridgehead atoms. The lowest BCUT2D eigenvalue weighted by Crippen LogP contribution is -2.78. The predicted molar refractivity (Wildman–Crippen MR) is 121 cm³/mol. The largest absolute Gasteiger partial charge is 0.391 e. The molecule has 34 heavy (non-hydrogen) atoms. The first-order valence-electron chi connectivity index (χ1n) is 12.3. The highest BCUT2D eigenvalue weighted by atomic mass is 19.1. The van der Waals surface area contributed by atoms with Gasteiger partial charge in [-0.05, 0) is 63.8 Å². The van der Waals surface area contributed by atoms with E-state index in [1.807, 2.05) is 13.0 Å². The molecule has 0 unspecified atom stereocenters. The Labute approximate surface area is 200 Å². The summed E-state index contributed by atoms with van der Waals surface area (Å²) in [4.78, 5) is 0. The van der Waals surface area contributed by atoms with Crippen molar-refractivity contribution in [3.63, 3.8) is 0 Å². The van der Waals surface area contributed by atoms with Crippen molar-refractivity contribution >= 4 is 0 Å². The van der Waals surface area contributed by atoms with E-state index in [-0.39, 0.29) is 18.7 Å². The first kappa shape index (κ1) is 25.9. The lowest BCUT2D eigenvalue weighted by atomic mass is 9.73. The summed E-state index contributed by atoms with van der Waals surface area (Å²) >= 11 is 0. The van der Waals surface area contributed by atoms with E-state index >= 15 is 0 Å². The molecule has 2 saturated heterocycles. The zero-order valence-corrected chi connectivity index (χ0v) is 20.3. The third-order valence-electron chi connectivity index (χ3n) is 7.92. The number of likely N-dealkylation sites (N-methyl/N-ethyl adjacent to an activating group) is 1. The van der Waals surface area contributed by atoms with Crippen LogP contribution in [0.25, 0.3) is 0 Å². The standard InChI is InChI=1S/C25H38FNO7/c1-5-16-19(28)18(27-4)21-22(20(16)29)33-23-25(31,34-21)24(30,12-14(3)32-23)10-6-7-15-9-8-13(2)17(26)11-15/h8-9,11,14,16,18-23,27-31H,5-7,10,12H2,1-4H3/t14-,16-,18+,19+,20+,21-,22-,23+,24+,25-/m1/s1. The van der Waals surface area contributed by atoms with Gasteiger partial charge in [0.05, 0.1) is 24.4 Å². The fourth-order valence-corrected chi connectivity index (χ4v) is 5.91. The van der Waals surface area contributed by atoms with Crippen molar-refractivity contribution in [2.24, 2.45) is 5.92 Å². The van der Waals surface area contributed by atoms with Crippen LogP contribution in [0.4, 0.5) is 4.39 Å². The van der Waals surface area contributed by atoms with Crippen molar-refractivity contribution in [1.82, 2.24) is 5.32 Å². The summed E-state index contributed by atoms with van der Waals surface area (Å²) in [5.74, 6) is -2.92. The van der Waals surface area contributed by atoms with Crippen LogP contribution in [0, 0.1) is 18.7 Å². The van der Waals surface area contributed by atoms with Crippen LogP contribution < -0.4 is 5.32 Å². The average molecular weight is 484 g/mol. The van der Waals surface area contributed by atoms with Gasteiger partial charge in [0.2, 0.25) is 12.1 Å². The highest BCUT2D eigenvalue weighted by Gasteiger charge is 2.68. The van der Waals surface area contributed by atoms with Gasteiger partial charge in [-0.2, -0.15) is 0 Å². The monoisotopic (exact) mass is 483 g/mol. The minimum Gasteiger partial charge on any atom is -0.391 e. The fourth-order valence-electron chi connectivity index (χ4n) is 5.91. The number of hydrogen-bond donors (Lipinski definition) is 5. The van der Waals surface area contributed by atoms with Gasteiger partial charge in [0, 0.05) is 12.3 Å². The maximum absolute atomic E-state index is 13.9. The van der Waals surface area contributed by atoms with Gasteiger partial charge < -0.3 is 40.0 Å². The topological polar surface area (TPSA) is 121 Å². The second kappa shape index (κ2) is 9.71. The van der Waals surface area contributed by atoms with Gasteiger partial charge >= 0.3 is 0 Å². The van der Waals surface area contributed by atoms with E-state index in [0.29, 0.717) is 24.8 Å². The maximum Gasteiger partial charge on any atom is 0.248 e. The Balaban J connectivity index is 1.56. The molecule has 2 aliphatic heterocycles. The molecule has 3 fully saturated rings. The van der Waals surface area contributed by atoms with E-state index in [1.165, 1.54) is 6.07 Å². The van der Waals surface area contributed by atoms with Crippen LogP contribution in [-0.4, -0.2) is 81.7 Å². The summed E-state index contributed by atoms with van der Waals surface area (Å²) in [5, 5.41) is 48.1. The Morgan fingerprint density at radius 2 is 1.88 bits per heavy atom. The molecule has 0 spiro atoms. The van der Waals surface area contributed by atoms with Crippen LogP contribution in [0.15, 0.2) is 18.2 Å². The average Bonchev–Trinajstić information content (AvgIpc) is 2.77. The molecule has 0 aromatic heterocycles. The lowest BCUT2D eigenvalue weighted by molar-refractivity contribution is -0.485. The van der Waals surface area contributed by atoms with Crippen LogP contribution in [0.3, 0.4) is 0 Å². The molecule has 0 amide bonds. The summed E-state index contributed by atoms with van der Waals surface area (Å²) in [7, 11) is 1.67. The van der Waals surface area contributed by atoms with Crippen molar-refractivity contribution < 1.29 is 39.0 Å². The van der Waals surface area contributed by atoms with E-state index in [1.54, 1.807) is 27.0 Å². The molecular formula is C25H38FNO7. The van der Waals surface area contributed by atoms with Gasteiger partial charge in [-0.15, -0.1) is 0 Å². The summed E-state index contributed by atoms with van der Waals surface area (Å²) in [5.41, 5.74) is -0.337. The Bertz CT molecular complexity index is 874. The smallest absolute Gasteiger partial charge is 0.248 e. The van der Waals surface area contributed by atoms with Crippen molar-refractivity contribution in [1.29, 1.82) is 0 Å². The number of ether oxygens (including phenoxy) is 3. The van der Waals surface area contributed by atoms with E-state index in [4.69, 9.17) is 14.2 Å². The van der Waals surface area contributed by atoms with Gasteiger partial charge in [-0.3, -0.25) is 0 Å². The van der Waals surface area contributed by atoms with E-state index < -0.39 is 60.2 Å². The third kappa shape index (κ3) is 4.30. The Morgan fingerprint density at radius 3 is 2.53 bits per heavy atom. The summed E-state index contributed by atoms with van der Waals surface area (Å²) in [6.45, 7) is 5.36. The van der Waals surface area contributed by atoms with Gasteiger partial charge in [-0.25, -0.2) is 4.39 Å². The minimum atomic E-state index is -2.20. The Hall–Kier alpha value is -1.17. The molecular weight excluding hydrogens is 445 g/mol. The van der Waals surface area contributed by atoms with Gasteiger partial charge in [0.1, 0.15) is 23.6 Å².